The maximum absolute atomic E-state index is 12.2. The predicted octanol–water partition coefficient (Wildman–Crippen LogP) is 4.18. The number of carbonyl (C=O) groups excluding carboxylic acids is 1. The lowest BCUT2D eigenvalue weighted by molar-refractivity contribution is -0.132. The second-order valence-electron chi connectivity index (χ2n) is 5.78. The molecule has 1 aliphatic rings. The van der Waals surface area contributed by atoms with Gasteiger partial charge in [0.25, 0.3) is 0 Å². The minimum Gasteiger partial charge on any atom is -0.339 e. The molecular formula is C17H25NO. The average molecular weight is 259 g/mol. The lowest BCUT2D eigenvalue weighted by Crippen LogP contribution is -2.29. The summed E-state index contributed by atoms with van der Waals surface area (Å²) in [4.78, 5) is 14.1. The number of amides is 1. The standard InChI is InChI=1S/C17H25NO/c1-14(16-10-4-3-5-11-16)18(2)17(19)13-12-15-8-6-7-9-15/h3-5,10-11,14-15H,6-9,12-13H2,1-2H3. The summed E-state index contributed by atoms with van der Waals surface area (Å²) < 4.78 is 0. The van der Waals surface area contributed by atoms with Crippen LogP contribution < -0.4 is 0 Å². The Kier molecular flexibility index (Phi) is 5.00. The summed E-state index contributed by atoms with van der Waals surface area (Å²) in [6.45, 7) is 2.10. The summed E-state index contributed by atoms with van der Waals surface area (Å²) in [6.07, 6.45) is 7.14. The molecule has 2 rings (SSSR count). The molecule has 1 aliphatic carbocycles. The molecule has 0 N–H and O–H groups in total. The number of carbonyl (C=O) groups is 1. The fraction of sp³-hybridized carbons (Fsp3) is 0.588. The van der Waals surface area contributed by atoms with Gasteiger partial charge in [0, 0.05) is 13.5 Å². The fourth-order valence-corrected chi connectivity index (χ4v) is 2.97. The van der Waals surface area contributed by atoms with Gasteiger partial charge in [-0.25, -0.2) is 0 Å². The highest BCUT2D eigenvalue weighted by Crippen LogP contribution is 2.29. The van der Waals surface area contributed by atoms with Crippen LogP contribution in [0.5, 0.6) is 0 Å². The van der Waals surface area contributed by atoms with Crippen molar-refractivity contribution in [3.63, 3.8) is 0 Å². The van der Waals surface area contributed by atoms with Crippen LogP contribution in [0.25, 0.3) is 0 Å². The van der Waals surface area contributed by atoms with Gasteiger partial charge in [0.15, 0.2) is 0 Å². The normalized spacial score (nSPS) is 17.4. The third-order valence-electron chi connectivity index (χ3n) is 4.50. The van der Waals surface area contributed by atoms with Crippen LogP contribution in [0.2, 0.25) is 0 Å². The second-order valence-corrected chi connectivity index (χ2v) is 5.78. The summed E-state index contributed by atoms with van der Waals surface area (Å²) in [5, 5.41) is 0. The molecule has 2 heteroatoms. The Labute approximate surface area is 116 Å². The topological polar surface area (TPSA) is 20.3 Å². The van der Waals surface area contributed by atoms with Crippen LogP contribution in [0, 0.1) is 5.92 Å². The van der Waals surface area contributed by atoms with Crippen LogP contribution in [0.4, 0.5) is 0 Å². The molecule has 1 aromatic carbocycles. The summed E-state index contributed by atoms with van der Waals surface area (Å²) >= 11 is 0. The SMILES string of the molecule is CC(c1ccccc1)N(C)C(=O)CCC1CCCC1. The van der Waals surface area contributed by atoms with E-state index in [2.05, 4.69) is 19.1 Å². The van der Waals surface area contributed by atoms with E-state index in [0.717, 1.165) is 12.3 Å². The Morgan fingerprint density at radius 2 is 1.89 bits per heavy atom. The summed E-state index contributed by atoms with van der Waals surface area (Å²) in [5.41, 5.74) is 1.21. The van der Waals surface area contributed by atoms with Crippen molar-refractivity contribution >= 4 is 5.91 Å². The maximum Gasteiger partial charge on any atom is 0.222 e. The summed E-state index contributed by atoms with van der Waals surface area (Å²) in [6, 6.07) is 10.4. The molecule has 1 fully saturated rings. The molecule has 0 aromatic heterocycles. The van der Waals surface area contributed by atoms with E-state index in [0.29, 0.717) is 6.42 Å². The highest BCUT2D eigenvalue weighted by atomic mass is 16.2. The summed E-state index contributed by atoms with van der Waals surface area (Å²) in [7, 11) is 1.93. The van der Waals surface area contributed by atoms with Crippen LogP contribution in [-0.2, 0) is 4.79 Å². The van der Waals surface area contributed by atoms with E-state index >= 15 is 0 Å². The zero-order chi connectivity index (χ0) is 13.7. The Morgan fingerprint density at radius 3 is 2.53 bits per heavy atom. The first-order chi connectivity index (χ1) is 9.18. The van der Waals surface area contributed by atoms with Crippen molar-refractivity contribution in [2.24, 2.45) is 5.92 Å². The molecule has 1 amide bonds. The van der Waals surface area contributed by atoms with Crippen LogP contribution in [0.1, 0.15) is 57.1 Å². The molecule has 0 aliphatic heterocycles. The largest absolute Gasteiger partial charge is 0.339 e. The molecule has 19 heavy (non-hydrogen) atoms. The van der Waals surface area contributed by atoms with Gasteiger partial charge in [-0.2, -0.15) is 0 Å². The third kappa shape index (κ3) is 3.82. The molecule has 0 bridgehead atoms. The van der Waals surface area contributed by atoms with Gasteiger partial charge in [-0.15, -0.1) is 0 Å². The van der Waals surface area contributed by atoms with Gasteiger partial charge in [-0.05, 0) is 24.8 Å². The van der Waals surface area contributed by atoms with Crippen LogP contribution in [0.3, 0.4) is 0 Å². The number of hydrogen-bond donors (Lipinski definition) is 0. The molecule has 1 unspecified atom stereocenters. The van der Waals surface area contributed by atoms with Gasteiger partial charge in [-0.3, -0.25) is 4.79 Å². The van der Waals surface area contributed by atoms with E-state index in [1.807, 2.05) is 30.1 Å². The molecule has 0 radical (unpaired) electrons. The minimum absolute atomic E-state index is 0.164. The second kappa shape index (κ2) is 6.74. The van der Waals surface area contributed by atoms with Crippen molar-refractivity contribution in [2.75, 3.05) is 7.05 Å². The molecule has 2 nitrogen and oxygen atoms in total. The van der Waals surface area contributed by atoms with Crippen molar-refractivity contribution in [2.45, 2.75) is 51.5 Å². The van der Waals surface area contributed by atoms with Crippen molar-refractivity contribution in [1.82, 2.24) is 4.90 Å². The maximum atomic E-state index is 12.2. The molecule has 1 aromatic rings. The predicted molar refractivity (Wildman–Crippen MR) is 78.8 cm³/mol. The van der Waals surface area contributed by atoms with Crippen molar-refractivity contribution in [3.8, 4) is 0 Å². The molecule has 0 spiro atoms. The number of nitrogens with zero attached hydrogens (tertiary/aromatic N) is 1. The van der Waals surface area contributed by atoms with E-state index in [4.69, 9.17) is 0 Å². The first-order valence-electron chi connectivity index (χ1n) is 7.49. The number of benzene rings is 1. The van der Waals surface area contributed by atoms with Crippen LogP contribution in [0.15, 0.2) is 30.3 Å². The average Bonchev–Trinajstić information content (AvgIpc) is 2.97. The van der Waals surface area contributed by atoms with Gasteiger partial charge < -0.3 is 4.90 Å². The zero-order valence-corrected chi connectivity index (χ0v) is 12.1. The summed E-state index contributed by atoms with van der Waals surface area (Å²) in [5.74, 6) is 1.08. The highest BCUT2D eigenvalue weighted by Gasteiger charge is 2.20. The lowest BCUT2D eigenvalue weighted by Gasteiger charge is -2.26. The molecular weight excluding hydrogens is 234 g/mol. The van der Waals surface area contributed by atoms with Crippen molar-refractivity contribution in [3.05, 3.63) is 35.9 Å². The van der Waals surface area contributed by atoms with Gasteiger partial charge in [0.05, 0.1) is 6.04 Å². The first kappa shape index (κ1) is 14.1. The smallest absolute Gasteiger partial charge is 0.222 e. The molecule has 1 atom stereocenters. The minimum atomic E-state index is 0.164. The molecule has 104 valence electrons. The van der Waals surface area contributed by atoms with E-state index < -0.39 is 0 Å². The van der Waals surface area contributed by atoms with Crippen LogP contribution >= 0.6 is 0 Å². The van der Waals surface area contributed by atoms with E-state index in [9.17, 15) is 4.79 Å². The Balaban J connectivity index is 1.84. The van der Waals surface area contributed by atoms with E-state index in [1.165, 1.54) is 31.2 Å². The van der Waals surface area contributed by atoms with Gasteiger partial charge in [0.1, 0.15) is 0 Å². The quantitative estimate of drug-likeness (QED) is 0.777. The Bertz CT molecular complexity index is 395. The Morgan fingerprint density at radius 1 is 1.26 bits per heavy atom. The van der Waals surface area contributed by atoms with E-state index in [-0.39, 0.29) is 11.9 Å². The number of rotatable bonds is 5. The van der Waals surface area contributed by atoms with Crippen molar-refractivity contribution < 1.29 is 4.79 Å². The molecule has 1 saturated carbocycles. The monoisotopic (exact) mass is 259 g/mol. The van der Waals surface area contributed by atoms with Crippen LogP contribution in [-0.4, -0.2) is 17.9 Å². The molecule has 0 saturated heterocycles. The fourth-order valence-electron chi connectivity index (χ4n) is 2.97. The third-order valence-corrected chi connectivity index (χ3v) is 4.50. The number of hydrogen-bond acceptors (Lipinski definition) is 1. The van der Waals surface area contributed by atoms with Crippen molar-refractivity contribution in [1.29, 1.82) is 0 Å². The zero-order valence-electron chi connectivity index (χ0n) is 12.1. The lowest BCUT2D eigenvalue weighted by atomic mass is 10.0. The van der Waals surface area contributed by atoms with Gasteiger partial charge in [0.2, 0.25) is 5.91 Å². The first-order valence-corrected chi connectivity index (χ1v) is 7.49. The highest BCUT2D eigenvalue weighted by molar-refractivity contribution is 5.76. The van der Waals surface area contributed by atoms with Gasteiger partial charge >= 0.3 is 0 Å². The Hall–Kier alpha value is -1.31. The molecule has 0 heterocycles. The van der Waals surface area contributed by atoms with E-state index in [1.54, 1.807) is 0 Å². The van der Waals surface area contributed by atoms with Gasteiger partial charge in [-0.1, -0.05) is 56.0 Å².